The molecule has 2 atom stereocenters. The lowest BCUT2D eigenvalue weighted by atomic mass is 10.0. The highest BCUT2D eigenvalue weighted by Gasteiger charge is 2.35. The summed E-state index contributed by atoms with van der Waals surface area (Å²) in [5.41, 5.74) is 4.94. The quantitative estimate of drug-likeness (QED) is 0.187. The maximum Gasteiger partial charge on any atom is 0.264 e. The van der Waals surface area contributed by atoms with Crippen LogP contribution >= 0.6 is 0 Å². The molecular weight excluding hydrogens is 582 g/mol. The third-order valence-electron chi connectivity index (χ3n) is 7.85. The molecule has 236 valence electrons. The van der Waals surface area contributed by atoms with E-state index in [0.29, 0.717) is 5.69 Å². The van der Waals surface area contributed by atoms with Crippen LogP contribution in [0, 0.1) is 20.8 Å². The SMILES string of the molecule is CC[C@H](C)NC(=O)[C@H](Cc1ccccc1)N(Cc1ccc(C)cc1)C(=O)CN(c1cc(C)cc(C)c1)S(=O)(=O)c1ccccc1. The van der Waals surface area contributed by atoms with E-state index in [1.807, 2.05) is 95.3 Å². The van der Waals surface area contributed by atoms with Crippen LogP contribution in [0.2, 0.25) is 0 Å². The topological polar surface area (TPSA) is 86.8 Å². The maximum atomic E-state index is 14.6. The zero-order valence-electron chi connectivity index (χ0n) is 26.7. The van der Waals surface area contributed by atoms with E-state index in [2.05, 4.69) is 5.32 Å². The fourth-order valence-corrected chi connectivity index (χ4v) is 6.65. The highest BCUT2D eigenvalue weighted by atomic mass is 32.2. The van der Waals surface area contributed by atoms with Crippen LogP contribution < -0.4 is 9.62 Å². The molecule has 0 aliphatic carbocycles. The van der Waals surface area contributed by atoms with Crippen LogP contribution in [-0.2, 0) is 32.6 Å². The number of anilines is 1. The second-order valence-electron chi connectivity index (χ2n) is 11.7. The molecule has 0 radical (unpaired) electrons. The van der Waals surface area contributed by atoms with Crippen LogP contribution in [0.5, 0.6) is 0 Å². The van der Waals surface area contributed by atoms with Crippen molar-refractivity contribution in [2.45, 2.75) is 71.0 Å². The Kier molecular flexibility index (Phi) is 11.2. The lowest BCUT2D eigenvalue weighted by Gasteiger charge is -2.34. The Balaban J connectivity index is 1.82. The van der Waals surface area contributed by atoms with Gasteiger partial charge >= 0.3 is 0 Å². The van der Waals surface area contributed by atoms with Gasteiger partial charge in [0, 0.05) is 19.0 Å². The van der Waals surface area contributed by atoms with E-state index in [9.17, 15) is 18.0 Å². The molecule has 0 aliphatic heterocycles. The number of hydrogen-bond donors (Lipinski definition) is 1. The van der Waals surface area contributed by atoms with Gasteiger partial charge in [-0.1, -0.05) is 91.3 Å². The van der Waals surface area contributed by atoms with Crippen LogP contribution in [0.1, 0.15) is 48.1 Å². The first kappa shape index (κ1) is 33.5. The second-order valence-corrected chi connectivity index (χ2v) is 13.6. The standard InChI is InChI=1S/C37H43N3O4S/c1-6-30(5)38-37(42)35(24-31-13-9-7-10-14-31)39(25-32-19-17-27(2)18-20-32)36(41)26-40(33-22-28(3)21-29(4)23-33)45(43,44)34-15-11-8-12-16-34/h7-23,30,35H,6,24-26H2,1-5H3,(H,38,42)/t30-,35-/m0/s1. The smallest absolute Gasteiger partial charge is 0.264 e. The summed E-state index contributed by atoms with van der Waals surface area (Å²) >= 11 is 0. The number of hydrogen-bond acceptors (Lipinski definition) is 4. The minimum atomic E-state index is -4.14. The fourth-order valence-electron chi connectivity index (χ4n) is 5.23. The number of aryl methyl sites for hydroxylation is 3. The monoisotopic (exact) mass is 625 g/mol. The Morgan fingerprint density at radius 1 is 0.756 bits per heavy atom. The van der Waals surface area contributed by atoms with Gasteiger partial charge < -0.3 is 10.2 Å². The van der Waals surface area contributed by atoms with Gasteiger partial charge in [-0.2, -0.15) is 0 Å². The van der Waals surface area contributed by atoms with Gasteiger partial charge in [0.15, 0.2) is 0 Å². The summed E-state index contributed by atoms with van der Waals surface area (Å²) in [6, 6.07) is 30.0. The van der Waals surface area contributed by atoms with E-state index in [0.717, 1.165) is 34.2 Å². The highest BCUT2D eigenvalue weighted by Crippen LogP contribution is 2.27. The molecule has 0 aliphatic rings. The lowest BCUT2D eigenvalue weighted by molar-refractivity contribution is -0.140. The van der Waals surface area contributed by atoms with Crippen molar-refractivity contribution in [2.75, 3.05) is 10.8 Å². The van der Waals surface area contributed by atoms with Crippen LogP contribution in [0.15, 0.2) is 108 Å². The molecule has 4 rings (SSSR count). The Hall–Kier alpha value is -4.43. The number of sulfonamides is 1. The van der Waals surface area contributed by atoms with Crippen molar-refractivity contribution < 1.29 is 18.0 Å². The molecule has 0 bridgehead atoms. The third kappa shape index (κ3) is 8.82. The first-order valence-corrected chi connectivity index (χ1v) is 16.8. The average Bonchev–Trinajstić information content (AvgIpc) is 3.02. The van der Waals surface area contributed by atoms with Gasteiger partial charge in [0.1, 0.15) is 12.6 Å². The first-order valence-electron chi connectivity index (χ1n) is 15.3. The van der Waals surface area contributed by atoms with Crippen molar-refractivity contribution in [3.05, 3.63) is 131 Å². The predicted molar refractivity (Wildman–Crippen MR) is 180 cm³/mol. The fraction of sp³-hybridized carbons (Fsp3) is 0.297. The summed E-state index contributed by atoms with van der Waals surface area (Å²) in [6.45, 7) is 9.35. The number of nitrogens with one attached hydrogen (secondary N) is 1. The second kappa shape index (κ2) is 15.0. The van der Waals surface area contributed by atoms with E-state index in [1.165, 1.54) is 21.3 Å². The van der Waals surface area contributed by atoms with Gasteiger partial charge in [-0.15, -0.1) is 0 Å². The summed E-state index contributed by atoms with van der Waals surface area (Å²) in [6.07, 6.45) is 1.00. The largest absolute Gasteiger partial charge is 0.352 e. The van der Waals surface area contributed by atoms with Crippen molar-refractivity contribution in [3.63, 3.8) is 0 Å². The van der Waals surface area contributed by atoms with Gasteiger partial charge in [-0.05, 0) is 80.6 Å². The molecule has 0 fully saturated rings. The van der Waals surface area contributed by atoms with Crippen molar-refractivity contribution >= 4 is 27.5 Å². The molecule has 4 aromatic carbocycles. The molecule has 4 aromatic rings. The van der Waals surface area contributed by atoms with Crippen molar-refractivity contribution in [1.29, 1.82) is 0 Å². The zero-order chi connectivity index (χ0) is 32.6. The zero-order valence-corrected chi connectivity index (χ0v) is 27.6. The highest BCUT2D eigenvalue weighted by molar-refractivity contribution is 7.92. The molecule has 0 spiro atoms. The van der Waals surface area contributed by atoms with Gasteiger partial charge in [-0.3, -0.25) is 13.9 Å². The van der Waals surface area contributed by atoms with E-state index in [-0.39, 0.29) is 29.8 Å². The van der Waals surface area contributed by atoms with E-state index >= 15 is 0 Å². The molecule has 0 heterocycles. The minimum Gasteiger partial charge on any atom is -0.352 e. The summed E-state index contributed by atoms with van der Waals surface area (Å²) in [5, 5.41) is 3.07. The molecule has 1 N–H and O–H groups in total. The molecule has 45 heavy (non-hydrogen) atoms. The first-order chi connectivity index (χ1) is 21.5. The number of amides is 2. The van der Waals surface area contributed by atoms with Gasteiger partial charge in [0.2, 0.25) is 11.8 Å². The van der Waals surface area contributed by atoms with Crippen molar-refractivity contribution in [2.24, 2.45) is 0 Å². The molecule has 7 nitrogen and oxygen atoms in total. The Bertz CT molecular complexity index is 1670. The molecule has 0 saturated carbocycles. The van der Waals surface area contributed by atoms with Crippen LogP contribution in [0.4, 0.5) is 5.69 Å². The van der Waals surface area contributed by atoms with Gasteiger partial charge in [-0.25, -0.2) is 8.42 Å². The van der Waals surface area contributed by atoms with Crippen LogP contribution in [-0.4, -0.2) is 43.8 Å². The molecule has 0 unspecified atom stereocenters. The van der Waals surface area contributed by atoms with Gasteiger partial charge in [0.05, 0.1) is 10.6 Å². The Morgan fingerprint density at radius 3 is 1.91 bits per heavy atom. The van der Waals surface area contributed by atoms with Gasteiger partial charge in [0.25, 0.3) is 10.0 Å². The van der Waals surface area contributed by atoms with E-state index in [1.54, 1.807) is 30.3 Å². The number of benzene rings is 4. The number of rotatable bonds is 13. The number of carbonyl (C=O) groups is 2. The summed E-state index contributed by atoms with van der Waals surface area (Å²) in [5.74, 6) is -0.757. The van der Waals surface area contributed by atoms with E-state index < -0.39 is 28.5 Å². The van der Waals surface area contributed by atoms with Crippen molar-refractivity contribution in [1.82, 2.24) is 10.2 Å². The van der Waals surface area contributed by atoms with E-state index in [4.69, 9.17) is 0 Å². The molecule has 2 amide bonds. The summed E-state index contributed by atoms with van der Waals surface area (Å²) in [7, 11) is -4.14. The normalized spacial score (nSPS) is 12.6. The predicted octanol–water partition coefficient (Wildman–Crippen LogP) is 6.36. The molecular formula is C37H43N3O4S. The average molecular weight is 626 g/mol. The Morgan fingerprint density at radius 2 is 1.33 bits per heavy atom. The third-order valence-corrected chi connectivity index (χ3v) is 9.64. The minimum absolute atomic E-state index is 0.0809. The molecule has 0 saturated heterocycles. The lowest BCUT2D eigenvalue weighted by Crippen LogP contribution is -2.54. The van der Waals surface area contributed by atoms with Crippen LogP contribution in [0.25, 0.3) is 0 Å². The van der Waals surface area contributed by atoms with Crippen molar-refractivity contribution in [3.8, 4) is 0 Å². The molecule has 8 heteroatoms. The molecule has 0 aromatic heterocycles. The summed E-state index contributed by atoms with van der Waals surface area (Å²) < 4.78 is 29.5. The Labute approximate surface area is 268 Å². The number of nitrogens with zero attached hydrogens (tertiary/aromatic N) is 2. The van der Waals surface area contributed by atoms with Crippen LogP contribution in [0.3, 0.4) is 0 Å². The maximum absolute atomic E-state index is 14.6. The number of carbonyl (C=O) groups excluding carboxylic acids is 2. The summed E-state index contributed by atoms with van der Waals surface area (Å²) in [4.78, 5) is 30.1.